The maximum Gasteiger partial charge on any atom is 0.265 e. The molecule has 1 aromatic heterocycles. The number of carbonyl (C=O) groups is 2. The van der Waals surface area contributed by atoms with Gasteiger partial charge in [0, 0.05) is 19.7 Å². The lowest BCUT2D eigenvalue weighted by Gasteiger charge is -2.35. The molecule has 8 nitrogen and oxygen atoms in total. The number of hydrogen-bond donors (Lipinski definition) is 0. The van der Waals surface area contributed by atoms with E-state index in [0.717, 1.165) is 5.56 Å². The molecule has 0 fully saturated rings. The van der Waals surface area contributed by atoms with Crippen LogP contribution in [-0.2, 0) is 11.3 Å². The van der Waals surface area contributed by atoms with Crippen LogP contribution in [0.5, 0.6) is 5.75 Å². The summed E-state index contributed by atoms with van der Waals surface area (Å²) in [7, 11) is 3.35. The van der Waals surface area contributed by atoms with Gasteiger partial charge < -0.3 is 14.5 Å². The Hall–Kier alpha value is -3.68. The minimum atomic E-state index is -0.740. The van der Waals surface area contributed by atoms with Gasteiger partial charge in [0.15, 0.2) is 6.10 Å². The molecule has 2 amide bonds. The molecule has 0 radical (unpaired) electrons. The molecule has 148 valence electrons. The summed E-state index contributed by atoms with van der Waals surface area (Å²) in [4.78, 5) is 32.7. The number of carbonyl (C=O) groups excluding carboxylic acids is 2. The van der Waals surface area contributed by atoms with Gasteiger partial charge in [-0.3, -0.25) is 9.59 Å². The number of fused-ring (bicyclic) bond motifs is 1. The van der Waals surface area contributed by atoms with E-state index in [1.165, 1.54) is 11.2 Å². The monoisotopic (exact) mass is 391 g/mol. The number of para-hydroxylation sites is 2. The molecule has 0 saturated heterocycles. The van der Waals surface area contributed by atoms with Crippen LogP contribution in [0.15, 0.2) is 61.2 Å². The topological polar surface area (TPSA) is 80.6 Å². The van der Waals surface area contributed by atoms with E-state index < -0.39 is 6.10 Å². The van der Waals surface area contributed by atoms with Crippen LogP contribution >= 0.6 is 0 Å². The molecule has 29 heavy (non-hydrogen) atoms. The van der Waals surface area contributed by atoms with Crippen LogP contribution in [0.25, 0.3) is 0 Å². The number of likely N-dealkylation sites (N-methyl/N-ethyl adjacent to an activating group) is 1. The summed E-state index contributed by atoms with van der Waals surface area (Å²) >= 11 is 0. The molecule has 1 atom stereocenters. The van der Waals surface area contributed by atoms with Crippen LogP contribution in [0.3, 0.4) is 0 Å². The van der Waals surface area contributed by atoms with Crippen molar-refractivity contribution in [3.8, 4) is 5.75 Å². The fraction of sp³-hybridized carbons (Fsp3) is 0.238. The van der Waals surface area contributed by atoms with E-state index in [-0.39, 0.29) is 18.4 Å². The molecule has 0 spiro atoms. The van der Waals surface area contributed by atoms with Crippen molar-refractivity contribution in [1.82, 2.24) is 19.7 Å². The van der Waals surface area contributed by atoms with Gasteiger partial charge in [0.05, 0.1) is 18.8 Å². The lowest BCUT2D eigenvalue weighted by atomic mass is 10.1. The van der Waals surface area contributed by atoms with E-state index in [4.69, 9.17) is 4.74 Å². The Morgan fingerprint density at radius 2 is 1.90 bits per heavy atom. The van der Waals surface area contributed by atoms with E-state index >= 15 is 0 Å². The average Bonchev–Trinajstić information content (AvgIpc) is 3.25. The summed E-state index contributed by atoms with van der Waals surface area (Å²) in [6.45, 7) is 0.738. The van der Waals surface area contributed by atoms with Gasteiger partial charge in [-0.15, -0.1) is 0 Å². The number of rotatable bonds is 4. The average molecular weight is 391 g/mol. The van der Waals surface area contributed by atoms with Crippen molar-refractivity contribution in [3.63, 3.8) is 0 Å². The van der Waals surface area contributed by atoms with Crippen LogP contribution in [0.4, 0.5) is 5.69 Å². The zero-order chi connectivity index (χ0) is 20.4. The Kier molecular flexibility index (Phi) is 4.99. The molecule has 0 N–H and O–H groups in total. The highest BCUT2D eigenvalue weighted by molar-refractivity contribution is 6.07. The fourth-order valence-corrected chi connectivity index (χ4v) is 3.25. The number of amides is 2. The molecule has 0 aliphatic carbocycles. The third-order valence-corrected chi connectivity index (χ3v) is 4.75. The smallest absolute Gasteiger partial charge is 0.265 e. The highest BCUT2D eigenvalue weighted by atomic mass is 16.5. The van der Waals surface area contributed by atoms with Gasteiger partial charge in [0.25, 0.3) is 11.8 Å². The molecular weight excluding hydrogens is 370 g/mol. The highest BCUT2D eigenvalue weighted by Crippen LogP contribution is 2.34. The Morgan fingerprint density at radius 1 is 1.14 bits per heavy atom. The second-order valence-corrected chi connectivity index (χ2v) is 7.01. The quantitative estimate of drug-likeness (QED) is 0.678. The van der Waals surface area contributed by atoms with Crippen LogP contribution in [0, 0.1) is 0 Å². The van der Waals surface area contributed by atoms with Crippen LogP contribution in [0.1, 0.15) is 15.9 Å². The number of nitrogens with zero attached hydrogens (tertiary/aromatic N) is 5. The second-order valence-electron chi connectivity index (χ2n) is 7.01. The molecule has 1 aliphatic rings. The van der Waals surface area contributed by atoms with Crippen LogP contribution in [0.2, 0.25) is 0 Å². The molecule has 0 bridgehead atoms. The summed E-state index contributed by atoms with van der Waals surface area (Å²) in [5.41, 5.74) is 2.21. The Morgan fingerprint density at radius 3 is 2.59 bits per heavy atom. The van der Waals surface area contributed by atoms with Gasteiger partial charge in [0.1, 0.15) is 18.4 Å². The van der Waals surface area contributed by atoms with Gasteiger partial charge in [-0.2, -0.15) is 5.10 Å². The summed E-state index contributed by atoms with van der Waals surface area (Å²) in [6.07, 6.45) is 2.39. The van der Waals surface area contributed by atoms with Crippen molar-refractivity contribution in [2.75, 3.05) is 25.5 Å². The van der Waals surface area contributed by atoms with Crippen molar-refractivity contribution in [1.29, 1.82) is 0 Å². The predicted octanol–water partition coefficient (Wildman–Crippen LogP) is 1.82. The van der Waals surface area contributed by atoms with Gasteiger partial charge in [-0.05, 0) is 29.8 Å². The summed E-state index contributed by atoms with van der Waals surface area (Å²) in [6, 6.07) is 14.6. The van der Waals surface area contributed by atoms with E-state index in [1.807, 2.05) is 30.3 Å². The minimum absolute atomic E-state index is 0.160. The molecule has 4 rings (SSSR count). The lowest BCUT2D eigenvalue weighted by Crippen LogP contribution is -2.50. The van der Waals surface area contributed by atoms with Crippen LogP contribution < -0.4 is 9.64 Å². The van der Waals surface area contributed by atoms with Gasteiger partial charge in [0.2, 0.25) is 0 Å². The van der Waals surface area contributed by atoms with Gasteiger partial charge in [-0.25, -0.2) is 9.67 Å². The minimum Gasteiger partial charge on any atom is -0.476 e. The van der Waals surface area contributed by atoms with Crippen molar-refractivity contribution in [3.05, 3.63) is 72.3 Å². The second kappa shape index (κ2) is 7.75. The summed E-state index contributed by atoms with van der Waals surface area (Å²) < 4.78 is 7.56. The normalized spacial score (nSPS) is 15.4. The third-order valence-electron chi connectivity index (χ3n) is 4.75. The maximum atomic E-state index is 13.2. The number of hydrogen-bond acceptors (Lipinski definition) is 5. The van der Waals surface area contributed by atoms with Crippen molar-refractivity contribution >= 4 is 17.5 Å². The van der Waals surface area contributed by atoms with Gasteiger partial charge >= 0.3 is 0 Å². The first-order chi connectivity index (χ1) is 14.0. The SMILES string of the molecule is CN(C)C(=O)[C@@H]1CN(C(=O)c2ccc(Cn3cncn3)cc2)c2ccccc2O1. The zero-order valence-electron chi connectivity index (χ0n) is 16.2. The van der Waals surface area contributed by atoms with Crippen molar-refractivity contribution in [2.24, 2.45) is 0 Å². The van der Waals surface area contributed by atoms with Gasteiger partial charge in [-0.1, -0.05) is 24.3 Å². The number of benzene rings is 2. The molecule has 2 aromatic carbocycles. The first kappa shape index (κ1) is 18.7. The molecule has 1 aliphatic heterocycles. The first-order valence-electron chi connectivity index (χ1n) is 9.23. The van der Waals surface area contributed by atoms with E-state index in [1.54, 1.807) is 48.2 Å². The summed E-state index contributed by atoms with van der Waals surface area (Å²) in [5.74, 6) is 0.167. The molecular formula is C21H21N5O3. The zero-order valence-corrected chi connectivity index (χ0v) is 16.2. The van der Waals surface area contributed by atoms with Crippen LogP contribution in [-0.4, -0.2) is 58.2 Å². The standard InChI is InChI=1S/C21H21N5O3/c1-24(2)21(28)19-12-26(17-5-3-4-6-18(17)29-19)20(27)16-9-7-15(8-10-16)11-25-14-22-13-23-25/h3-10,13-14,19H,11-12H2,1-2H3/t19-/m0/s1. The summed E-state index contributed by atoms with van der Waals surface area (Å²) in [5, 5.41) is 4.09. The molecule has 3 aromatic rings. The number of anilines is 1. The van der Waals surface area contributed by atoms with E-state index in [9.17, 15) is 9.59 Å². The Labute approximate surface area is 168 Å². The van der Waals surface area contributed by atoms with Crippen molar-refractivity contribution < 1.29 is 14.3 Å². The Balaban J connectivity index is 1.58. The van der Waals surface area contributed by atoms with E-state index in [0.29, 0.717) is 23.5 Å². The molecule has 2 heterocycles. The number of ether oxygens (including phenoxy) is 1. The predicted molar refractivity (Wildman–Crippen MR) is 107 cm³/mol. The Bertz CT molecular complexity index is 1020. The fourth-order valence-electron chi connectivity index (χ4n) is 3.25. The first-order valence-corrected chi connectivity index (χ1v) is 9.23. The maximum absolute atomic E-state index is 13.2. The molecule has 0 unspecified atom stereocenters. The van der Waals surface area contributed by atoms with E-state index in [2.05, 4.69) is 10.1 Å². The largest absolute Gasteiger partial charge is 0.476 e. The number of aromatic nitrogens is 3. The lowest BCUT2D eigenvalue weighted by molar-refractivity contribution is -0.135. The third kappa shape index (κ3) is 3.82. The highest BCUT2D eigenvalue weighted by Gasteiger charge is 2.34. The molecule has 0 saturated carbocycles. The molecule has 8 heteroatoms. The van der Waals surface area contributed by atoms with Crippen molar-refractivity contribution in [2.45, 2.75) is 12.6 Å².